The molecule has 2 amide bonds. The van der Waals surface area contributed by atoms with Gasteiger partial charge in [-0.1, -0.05) is 18.2 Å². The molecule has 0 atom stereocenters. The van der Waals surface area contributed by atoms with Crippen molar-refractivity contribution < 1.29 is 9.59 Å². The highest BCUT2D eigenvalue weighted by Crippen LogP contribution is 2.10. The SMILES string of the molecule is O=C(CNC(=O)c1ccccc1I)N/N=C\c1cccs1. The number of halogens is 1. The van der Waals surface area contributed by atoms with E-state index in [-0.39, 0.29) is 18.4 Å². The van der Waals surface area contributed by atoms with E-state index in [1.807, 2.05) is 29.6 Å². The summed E-state index contributed by atoms with van der Waals surface area (Å²) in [5, 5.41) is 8.29. The lowest BCUT2D eigenvalue weighted by Crippen LogP contribution is -2.35. The van der Waals surface area contributed by atoms with Crippen LogP contribution >= 0.6 is 33.9 Å². The highest BCUT2D eigenvalue weighted by Gasteiger charge is 2.10. The van der Waals surface area contributed by atoms with E-state index in [2.05, 4.69) is 38.4 Å². The van der Waals surface area contributed by atoms with Gasteiger partial charge in [-0.05, 0) is 46.2 Å². The summed E-state index contributed by atoms with van der Waals surface area (Å²) < 4.78 is 0.837. The second-order valence-corrected chi connectivity index (χ2v) is 6.11. The Morgan fingerprint density at radius 1 is 1.24 bits per heavy atom. The molecule has 7 heteroatoms. The van der Waals surface area contributed by atoms with Gasteiger partial charge in [0.15, 0.2) is 0 Å². The zero-order chi connectivity index (χ0) is 15.1. The number of benzene rings is 1. The number of carbonyl (C=O) groups excluding carboxylic acids is 2. The molecule has 0 radical (unpaired) electrons. The quantitative estimate of drug-likeness (QED) is 0.449. The maximum absolute atomic E-state index is 11.9. The summed E-state index contributed by atoms with van der Waals surface area (Å²) in [6.45, 7) is -0.119. The lowest BCUT2D eigenvalue weighted by atomic mass is 10.2. The minimum Gasteiger partial charge on any atom is -0.343 e. The van der Waals surface area contributed by atoms with Gasteiger partial charge in [-0.3, -0.25) is 9.59 Å². The molecule has 2 rings (SSSR count). The maximum Gasteiger partial charge on any atom is 0.259 e. The fourth-order valence-electron chi connectivity index (χ4n) is 1.47. The van der Waals surface area contributed by atoms with Gasteiger partial charge in [-0.15, -0.1) is 11.3 Å². The van der Waals surface area contributed by atoms with Crippen LogP contribution in [0.25, 0.3) is 0 Å². The number of hydrogen-bond acceptors (Lipinski definition) is 4. The lowest BCUT2D eigenvalue weighted by molar-refractivity contribution is -0.120. The molecule has 0 fully saturated rings. The third kappa shape index (κ3) is 4.94. The van der Waals surface area contributed by atoms with E-state index < -0.39 is 0 Å². The molecule has 21 heavy (non-hydrogen) atoms. The van der Waals surface area contributed by atoms with Crippen molar-refractivity contribution in [2.75, 3.05) is 6.54 Å². The van der Waals surface area contributed by atoms with E-state index in [0.29, 0.717) is 5.56 Å². The predicted octanol–water partition coefficient (Wildman–Crippen LogP) is 2.23. The molecule has 1 aromatic carbocycles. The number of hydrazone groups is 1. The molecule has 2 N–H and O–H groups in total. The van der Waals surface area contributed by atoms with Crippen molar-refractivity contribution in [3.05, 3.63) is 55.8 Å². The summed E-state index contributed by atoms with van der Waals surface area (Å²) >= 11 is 3.60. The van der Waals surface area contributed by atoms with Crippen molar-refractivity contribution >= 4 is 52.0 Å². The van der Waals surface area contributed by atoms with E-state index in [9.17, 15) is 9.59 Å². The van der Waals surface area contributed by atoms with Gasteiger partial charge in [0.1, 0.15) is 0 Å². The molecule has 0 unspecified atom stereocenters. The molecule has 5 nitrogen and oxygen atoms in total. The Bertz CT molecular complexity index is 656. The predicted molar refractivity (Wildman–Crippen MR) is 91.5 cm³/mol. The average molecular weight is 413 g/mol. The standard InChI is InChI=1S/C14H12IN3O2S/c15-12-6-2-1-5-11(12)14(20)16-9-13(19)18-17-8-10-4-3-7-21-10/h1-8H,9H2,(H,16,20)(H,18,19)/b17-8-. The van der Waals surface area contributed by atoms with Crippen molar-refractivity contribution in [2.45, 2.75) is 0 Å². The first-order chi connectivity index (χ1) is 10.2. The van der Waals surface area contributed by atoms with Gasteiger partial charge in [0.25, 0.3) is 11.8 Å². The average Bonchev–Trinajstić information content (AvgIpc) is 2.98. The van der Waals surface area contributed by atoms with Crippen LogP contribution in [0, 0.1) is 3.57 Å². The Morgan fingerprint density at radius 3 is 2.76 bits per heavy atom. The van der Waals surface area contributed by atoms with Gasteiger partial charge in [-0.25, -0.2) is 5.43 Å². The van der Waals surface area contributed by atoms with Gasteiger partial charge in [0.05, 0.1) is 18.3 Å². The number of nitrogens with one attached hydrogen (secondary N) is 2. The van der Waals surface area contributed by atoms with E-state index in [1.165, 1.54) is 11.3 Å². The van der Waals surface area contributed by atoms with Crippen LogP contribution in [0.15, 0.2) is 46.9 Å². The van der Waals surface area contributed by atoms with Crippen LogP contribution in [-0.2, 0) is 4.79 Å². The molecule has 108 valence electrons. The fraction of sp³-hybridized carbons (Fsp3) is 0.0714. The van der Waals surface area contributed by atoms with Crippen LogP contribution in [0.5, 0.6) is 0 Å². The minimum absolute atomic E-state index is 0.119. The maximum atomic E-state index is 11.9. The zero-order valence-electron chi connectivity index (χ0n) is 10.9. The Labute approximate surface area is 139 Å². The highest BCUT2D eigenvalue weighted by molar-refractivity contribution is 14.1. The van der Waals surface area contributed by atoms with Crippen LogP contribution in [0.4, 0.5) is 0 Å². The second-order valence-electron chi connectivity index (χ2n) is 3.97. The van der Waals surface area contributed by atoms with Crippen molar-refractivity contribution in [2.24, 2.45) is 5.10 Å². The summed E-state index contributed by atoms with van der Waals surface area (Å²) in [5.41, 5.74) is 2.91. The van der Waals surface area contributed by atoms with Crippen LogP contribution in [-0.4, -0.2) is 24.6 Å². The first kappa shape index (κ1) is 15.6. The van der Waals surface area contributed by atoms with Crippen LogP contribution in [0.2, 0.25) is 0 Å². The molecule has 0 aliphatic rings. The van der Waals surface area contributed by atoms with Crippen molar-refractivity contribution in [1.82, 2.24) is 10.7 Å². The summed E-state index contributed by atoms with van der Waals surface area (Å²) in [7, 11) is 0. The monoisotopic (exact) mass is 413 g/mol. The normalized spacial score (nSPS) is 10.5. The number of thiophene rings is 1. The van der Waals surface area contributed by atoms with Crippen molar-refractivity contribution in [1.29, 1.82) is 0 Å². The van der Waals surface area contributed by atoms with Crippen molar-refractivity contribution in [3.63, 3.8) is 0 Å². The molecule has 0 spiro atoms. The summed E-state index contributed by atoms with van der Waals surface area (Å²) in [6, 6.07) is 11.0. The molecule has 0 aliphatic carbocycles. The molecule has 1 heterocycles. The number of amides is 2. The lowest BCUT2D eigenvalue weighted by Gasteiger charge is -2.05. The van der Waals surface area contributed by atoms with Crippen LogP contribution in [0.1, 0.15) is 15.2 Å². The molecule has 2 aromatic rings. The van der Waals surface area contributed by atoms with E-state index in [0.717, 1.165) is 8.45 Å². The third-order valence-electron chi connectivity index (χ3n) is 2.45. The van der Waals surface area contributed by atoms with E-state index >= 15 is 0 Å². The third-order valence-corrected chi connectivity index (χ3v) is 4.20. The number of rotatable bonds is 5. The summed E-state index contributed by atoms with van der Waals surface area (Å²) in [5.74, 6) is -0.653. The molecule has 1 aromatic heterocycles. The summed E-state index contributed by atoms with van der Waals surface area (Å²) in [4.78, 5) is 24.4. The largest absolute Gasteiger partial charge is 0.343 e. The van der Waals surface area contributed by atoms with E-state index in [1.54, 1.807) is 18.3 Å². The van der Waals surface area contributed by atoms with Gasteiger partial charge < -0.3 is 5.32 Å². The number of carbonyl (C=O) groups is 2. The Morgan fingerprint density at radius 2 is 2.05 bits per heavy atom. The highest BCUT2D eigenvalue weighted by atomic mass is 127. The molecular weight excluding hydrogens is 401 g/mol. The topological polar surface area (TPSA) is 70.6 Å². The Hall–Kier alpha value is -1.74. The number of hydrogen-bond donors (Lipinski definition) is 2. The zero-order valence-corrected chi connectivity index (χ0v) is 13.8. The molecular formula is C14H12IN3O2S. The van der Waals surface area contributed by atoms with Gasteiger partial charge in [-0.2, -0.15) is 5.10 Å². The second kappa shape index (κ2) is 7.89. The Balaban J connectivity index is 1.79. The van der Waals surface area contributed by atoms with Crippen LogP contribution in [0.3, 0.4) is 0 Å². The van der Waals surface area contributed by atoms with Crippen molar-refractivity contribution in [3.8, 4) is 0 Å². The fourth-order valence-corrected chi connectivity index (χ4v) is 2.69. The molecule has 0 aliphatic heterocycles. The first-order valence-electron chi connectivity index (χ1n) is 6.05. The van der Waals surface area contributed by atoms with E-state index in [4.69, 9.17) is 0 Å². The molecule has 0 saturated carbocycles. The smallest absolute Gasteiger partial charge is 0.259 e. The van der Waals surface area contributed by atoms with Gasteiger partial charge in [0.2, 0.25) is 0 Å². The first-order valence-corrected chi connectivity index (χ1v) is 8.01. The molecule has 0 bridgehead atoms. The van der Waals surface area contributed by atoms with Gasteiger partial charge >= 0.3 is 0 Å². The summed E-state index contributed by atoms with van der Waals surface area (Å²) in [6.07, 6.45) is 1.56. The van der Waals surface area contributed by atoms with Gasteiger partial charge in [0, 0.05) is 8.45 Å². The molecule has 0 saturated heterocycles. The minimum atomic E-state index is -0.373. The van der Waals surface area contributed by atoms with Crippen LogP contribution < -0.4 is 10.7 Å². The Kier molecular flexibility index (Phi) is 5.88. The number of nitrogens with zero attached hydrogens (tertiary/aromatic N) is 1.